The van der Waals surface area contributed by atoms with Gasteiger partial charge in [0.1, 0.15) is 0 Å². The smallest absolute Gasteiger partial charge is 0.188 e. The minimum atomic E-state index is 0.496. The summed E-state index contributed by atoms with van der Waals surface area (Å²) in [5.41, 5.74) is 5.73. The first-order chi connectivity index (χ1) is 6.09. The van der Waals surface area contributed by atoms with E-state index in [9.17, 15) is 0 Å². The third-order valence-corrected chi connectivity index (χ3v) is 2.33. The lowest BCUT2D eigenvalue weighted by Gasteiger charge is -2.13. The molecule has 0 aromatic heterocycles. The molecule has 1 unspecified atom stereocenters. The Bertz CT molecular complexity index is 183. The van der Waals surface area contributed by atoms with E-state index in [1.165, 1.54) is 12.8 Å². The van der Waals surface area contributed by atoms with Crippen LogP contribution in [0.4, 0.5) is 0 Å². The molecule has 1 fully saturated rings. The molecule has 0 aromatic carbocycles. The molecule has 1 atom stereocenters. The number of hydrogen-bond donors (Lipinski definition) is 2. The van der Waals surface area contributed by atoms with Crippen LogP contribution < -0.4 is 11.1 Å². The van der Waals surface area contributed by atoms with Gasteiger partial charge in [0.15, 0.2) is 5.96 Å². The summed E-state index contributed by atoms with van der Waals surface area (Å²) in [7, 11) is 0. The van der Waals surface area contributed by atoms with Crippen molar-refractivity contribution in [3.05, 3.63) is 0 Å². The van der Waals surface area contributed by atoms with E-state index in [-0.39, 0.29) is 0 Å². The predicted octanol–water partition coefficient (Wildman–Crippen LogP) is 1.35. The number of nitrogens with one attached hydrogen (secondary N) is 1. The van der Waals surface area contributed by atoms with Crippen molar-refractivity contribution in [2.24, 2.45) is 22.6 Å². The van der Waals surface area contributed by atoms with Crippen LogP contribution in [0.2, 0.25) is 0 Å². The van der Waals surface area contributed by atoms with Gasteiger partial charge in [0.2, 0.25) is 0 Å². The van der Waals surface area contributed by atoms with Gasteiger partial charge in [-0.1, -0.05) is 13.8 Å². The van der Waals surface area contributed by atoms with Gasteiger partial charge in [-0.3, -0.25) is 4.99 Å². The Kier molecular flexibility index (Phi) is 3.58. The minimum absolute atomic E-state index is 0.496. The summed E-state index contributed by atoms with van der Waals surface area (Å²) in [5, 5.41) is 3.22. The number of rotatable bonds is 4. The van der Waals surface area contributed by atoms with E-state index in [0.29, 0.717) is 17.9 Å². The van der Waals surface area contributed by atoms with Gasteiger partial charge in [-0.25, -0.2) is 0 Å². The Morgan fingerprint density at radius 3 is 2.54 bits per heavy atom. The molecule has 0 bridgehead atoms. The van der Waals surface area contributed by atoms with Gasteiger partial charge in [0, 0.05) is 12.6 Å². The Balaban J connectivity index is 2.21. The molecule has 3 nitrogen and oxygen atoms in total. The van der Waals surface area contributed by atoms with E-state index >= 15 is 0 Å². The number of aliphatic imine (C=N–C) groups is 1. The normalized spacial score (nSPS) is 20.5. The summed E-state index contributed by atoms with van der Waals surface area (Å²) < 4.78 is 0. The average molecular weight is 183 g/mol. The highest BCUT2D eigenvalue weighted by Crippen LogP contribution is 2.32. The molecular weight excluding hydrogens is 162 g/mol. The summed E-state index contributed by atoms with van der Waals surface area (Å²) >= 11 is 0. The molecule has 0 heterocycles. The fraction of sp³-hybridized carbons (Fsp3) is 0.900. The summed E-state index contributed by atoms with van der Waals surface area (Å²) in [5.74, 6) is 2.01. The van der Waals surface area contributed by atoms with E-state index in [1.54, 1.807) is 0 Å². The second-order valence-corrected chi connectivity index (χ2v) is 4.39. The van der Waals surface area contributed by atoms with Crippen molar-refractivity contribution in [3.8, 4) is 0 Å². The molecule has 1 rings (SSSR count). The van der Waals surface area contributed by atoms with Gasteiger partial charge in [-0.05, 0) is 31.6 Å². The second-order valence-electron chi connectivity index (χ2n) is 4.39. The number of guanidine groups is 1. The third kappa shape index (κ3) is 4.15. The molecule has 1 saturated carbocycles. The fourth-order valence-electron chi connectivity index (χ4n) is 1.27. The molecular formula is C10H21N3. The number of hydrogen-bond acceptors (Lipinski definition) is 1. The predicted molar refractivity (Wildman–Crippen MR) is 56.6 cm³/mol. The lowest BCUT2D eigenvalue weighted by molar-refractivity contribution is 0.579. The maximum Gasteiger partial charge on any atom is 0.188 e. The molecule has 0 spiro atoms. The zero-order chi connectivity index (χ0) is 9.84. The van der Waals surface area contributed by atoms with Crippen LogP contribution in [0.5, 0.6) is 0 Å². The zero-order valence-corrected chi connectivity index (χ0v) is 8.88. The Morgan fingerprint density at radius 1 is 1.46 bits per heavy atom. The van der Waals surface area contributed by atoms with Crippen LogP contribution in [0.15, 0.2) is 4.99 Å². The van der Waals surface area contributed by atoms with Gasteiger partial charge < -0.3 is 11.1 Å². The summed E-state index contributed by atoms with van der Waals surface area (Å²) in [4.78, 5) is 4.26. The summed E-state index contributed by atoms with van der Waals surface area (Å²) in [6, 6.07) is 0.496. The van der Waals surface area contributed by atoms with Crippen LogP contribution in [-0.4, -0.2) is 18.5 Å². The summed E-state index contributed by atoms with van der Waals surface area (Å²) in [6.45, 7) is 7.27. The van der Waals surface area contributed by atoms with Crippen molar-refractivity contribution < 1.29 is 0 Å². The van der Waals surface area contributed by atoms with Crippen molar-refractivity contribution in [1.82, 2.24) is 5.32 Å². The summed E-state index contributed by atoms with van der Waals surface area (Å²) in [6.07, 6.45) is 2.68. The molecule has 1 aliphatic carbocycles. The van der Waals surface area contributed by atoms with Crippen LogP contribution >= 0.6 is 0 Å². The quantitative estimate of drug-likeness (QED) is 0.510. The van der Waals surface area contributed by atoms with Gasteiger partial charge >= 0.3 is 0 Å². The first-order valence-electron chi connectivity index (χ1n) is 5.16. The highest BCUT2D eigenvalue weighted by molar-refractivity contribution is 5.78. The van der Waals surface area contributed by atoms with Gasteiger partial charge in [-0.15, -0.1) is 0 Å². The van der Waals surface area contributed by atoms with Crippen LogP contribution in [0.3, 0.4) is 0 Å². The molecule has 0 amide bonds. The maximum atomic E-state index is 5.73. The highest BCUT2D eigenvalue weighted by atomic mass is 15.1. The van der Waals surface area contributed by atoms with Crippen LogP contribution in [0.25, 0.3) is 0 Å². The van der Waals surface area contributed by atoms with Crippen molar-refractivity contribution in [3.63, 3.8) is 0 Å². The van der Waals surface area contributed by atoms with E-state index in [2.05, 4.69) is 31.1 Å². The van der Waals surface area contributed by atoms with Gasteiger partial charge in [0.25, 0.3) is 0 Å². The second kappa shape index (κ2) is 4.49. The molecule has 3 heteroatoms. The monoisotopic (exact) mass is 183 g/mol. The molecule has 76 valence electrons. The molecule has 0 radical (unpaired) electrons. The third-order valence-electron chi connectivity index (χ3n) is 2.33. The standard InChI is InChI=1S/C10H21N3/c1-7(2)6-12-10(11)13-8(3)9-4-5-9/h7-9H,4-6H2,1-3H3,(H3,11,12,13). The first kappa shape index (κ1) is 10.4. The molecule has 0 aromatic rings. The Morgan fingerprint density at radius 2 is 2.08 bits per heavy atom. The highest BCUT2D eigenvalue weighted by Gasteiger charge is 2.27. The van der Waals surface area contributed by atoms with Crippen molar-refractivity contribution in [2.45, 2.75) is 39.7 Å². The molecule has 13 heavy (non-hydrogen) atoms. The SMILES string of the molecule is CC(C)CN=C(N)NC(C)C1CC1. The van der Waals surface area contributed by atoms with Crippen molar-refractivity contribution in [1.29, 1.82) is 0 Å². The van der Waals surface area contributed by atoms with Crippen LogP contribution in [0, 0.1) is 11.8 Å². The molecule has 1 aliphatic rings. The van der Waals surface area contributed by atoms with E-state index in [4.69, 9.17) is 5.73 Å². The molecule has 0 saturated heterocycles. The maximum absolute atomic E-state index is 5.73. The average Bonchev–Trinajstić information content (AvgIpc) is 2.82. The van der Waals surface area contributed by atoms with E-state index in [0.717, 1.165) is 12.5 Å². The first-order valence-corrected chi connectivity index (χ1v) is 5.16. The number of nitrogens with two attached hydrogens (primary N) is 1. The lowest BCUT2D eigenvalue weighted by atomic mass is 10.2. The van der Waals surface area contributed by atoms with Crippen molar-refractivity contribution >= 4 is 5.96 Å². The topological polar surface area (TPSA) is 50.4 Å². The number of nitrogens with zero attached hydrogens (tertiary/aromatic N) is 1. The lowest BCUT2D eigenvalue weighted by Crippen LogP contribution is -2.39. The molecule has 3 N–H and O–H groups in total. The van der Waals surface area contributed by atoms with Crippen LogP contribution in [-0.2, 0) is 0 Å². The molecule has 0 aliphatic heterocycles. The van der Waals surface area contributed by atoms with E-state index in [1.807, 2.05) is 0 Å². The Hall–Kier alpha value is -0.730. The largest absolute Gasteiger partial charge is 0.370 e. The Labute approximate surface area is 80.8 Å². The minimum Gasteiger partial charge on any atom is -0.370 e. The fourth-order valence-corrected chi connectivity index (χ4v) is 1.27. The van der Waals surface area contributed by atoms with Gasteiger partial charge in [-0.2, -0.15) is 0 Å². The zero-order valence-electron chi connectivity index (χ0n) is 8.88. The van der Waals surface area contributed by atoms with Crippen molar-refractivity contribution in [2.75, 3.05) is 6.54 Å². The van der Waals surface area contributed by atoms with E-state index < -0.39 is 0 Å². The van der Waals surface area contributed by atoms with Crippen LogP contribution in [0.1, 0.15) is 33.6 Å². The van der Waals surface area contributed by atoms with Gasteiger partial charge in [0.05, 0.1) is 0 Å².